The minimum absolute atomic E-state index is 0.00805. The third-order valence-electron chi connectivity index (χ3n) is 3.05. The molecule has 0 fully saturated rings. The summed E-state index contributed by atoms with van der Waals surface area (Å²) >= 11 is 0. The zero-order valence-corrected chi connectivity index (χ0v) is 11.9. The van der Waals surface area contributed by atoms with Crippen molar-refractivity contribution < 1.29 is 9.59 Å². The van der Waals surface area contributed by atoms with Crippen LogP contribution in [0.5, 0.6) is 0 Å². The fourth-order valence-corrected chi connectivity index (χ4v) is 1.88. The van der Waals surface area contributed by atoms with Gasteiger partial charge in [0.05, 0.1) is 12.5 Å². The summed E-state index contributed by atoms with van der Waals surface area (Å²) in [5.41, 5.74) is 6.57. The first kappa shape index (κ1) is 16.2. The van der Waals surface area contributed by atoms with E-state index in [2.05, 4.69) is 10.6 Å². The summed E-state index contributed by atoms with van der Waals surface area (Å²) in [6.45, 7) is 2.77. The lowest BCUT2D eigenvalue weighted by Gasteiger charge is -2.13. The number of amides is 2. The largest absolute Gasteiger partial charge is 0.350 e. The smallest absolute Gasteiger partial charge is 0.239 e. The van der Waals surface area contributed by atoms with Gasteiger partial charge in [0.1, 0.15) is 0 Å². The molecule has 0 aliphatic rings. The quantitative estimate of drug-likeness (QED) is 0.657. The van der Waals surface area contributed by atoms with E-state index in [1.165, 1.54) is 0 Å². The van der Waals surface area contributed by atoms with Crippen LogP contribution in [-0.4, -0.2) is 24.9 Å². The molecule has 0 saturated carbocycles. The second-order valence-electron chi connectivity index (χ2n) is 4.70. The second-order valence-corrected chi connectivity index (χ2v) is 4.70. The number of rotatable bonds is 8. The molecule has 0 aliphatic carbocycles. The van der Waals surface area contributed by atoms with Gasteiger partial charge in [0, 0.05) is 13.1 Å². The summed E-state index contributed by atoms with van der Waals surface area (Å²) in [5, 5.41) is 5.38. The molecule has 1 unspecified atom stereocenters. The number of hydrogen-bond donors (Lipinski definition) is 3. The molecule has 0 saturated heterocycles. The lowest BCUT2D eigenvalue weighted by molar-refractivity contribution is -0.128. The molecule has 20 heavy (non-hydrogen) atoms. The van der Waals surface area contributed by atoms with Crippen LogP contribution in [0.3, 0.4) is 0 Å². The van der Waals surface area contributed by atoms with E-state index in [1.807, 2.05) is 37.3 Å². The highest BCUT2D eigenvalue weighted by Gasteiger charge is 2.16. The van der Waals surface area contributed by atoms with Crippen LogP contribution >= 0.6 is 0 Å². The van der Waals surface area contributed by atoms with Gasteiger partial charge >= 0.3 is 0 Å². The van der Waals surface area contributed by atoms with E-state index in [0.29, 0.717) is 13.1 Å². The summed E-state index contributed by atoms with van der Waals surface area (Å²) in [5.74, 6) is -0.555. The van der Waals surface area contributed by atoms with Crippen LogP contribution in [-0.2, 0) is 16.1 Å². The normalized spacial score (nSPS) is 11.7. The van der Waals surface area contributed by atoms with Gasteiger partial charge in [0.2, 0.25) is 11.8 Å². The number of carbonyl (C=O) groups is 2. The highest BCUT2D eigenvalue weighted by molar-refractivity contribution is 5.85. The Bertz CT molecular complexity index is 420. The van der Waals surface area contributed by atoms with Crippen LogP contribution in [0.1, 0.15) is 25.3 Å². The minimum Gasteiger partial charge on any atom is -0.350 e. The van der Waals surface area contributed by atoms with Crippen LogP contribution in [0, 0.1) is 5.92 Å². The maximum atomic E-state index is 11.8. The Morgan fingerprint density at radius 2 is 1.90 bits per heavy atom. The molecule has 0 aliphatic heterocycles. The number of nitrogens with one attached hydrogen (secondary N) is 2. The molecule has 0 heterocycles. The summed E-state index contributed by atoms with van der Waals surface area (Å²) in [6, 6.07) is 9.63. The fraction of sp³-hybridized carbons (Fsp3) is 0.467. The standard InChI is InChI=1S/C15H23N3O2/c1-2-6-13(9-16)15(20)18-11-14(19)17-10-12-7-4-3-5-8-12/h3-5,7-8,13H,2,6,9-11,16H2,1H3,(H,17,19)(H,18,20). The molecule has 0 spiro atoms. The van der Waals surface area contributed by atoms with E-state index in [-0.39, 0.29) is 24.3 Å². The van der Waals surface area contributed by atoms with Gasteiger partial charge in [-0.05, 0) is 12.0 Å². The zero-order valence-electron chi connectivity index (χ0n) is 11.9. The lowest BCUT2D eigenvalue weighted by Crippen LogP contribution is -2.41. The monoisotopic (exact) mass is 277 g/mol. The average Bonchev–Trinajstić information content (AvgIpc) is 2.49. The molecule has 1 atom stereocenters. The first-order valence-corrected chi connectivity index (χ1v) is 6.95. The maximum absolute atomic E-state index is 11.8. The van der Waals surface area contributed by atoms with Gasteiger partial charge in [0.25, 0.3) is 0 Å². The molecule has 4 N–H and O–H groups in total. The van der Waals surface area contributed by atoms with Crippen LogP contribution in [0.15, 0.2) is 30.3 Å². The fourth-order valence-electron chi connectivity index (χ4n) is 1.88. The summed E-state index contributed by atoms with van der Waals surface area (Å²) in [4.78, 5) is 23.4. The van der Waals surface area contributed by atoms with Crippen molar-refractivity contribution in [1.29, 1.82) is 0 Å². The molecule has 0 bridgehead atoms. The molecule has 0 aromatic heterocycles. The van der Waals surface area contributed by atoms with Crippen LogP contribution in [0.25, 0.3) is 0 Å². The molecular weight excluding hydrogens is 254 g/mol. The Morgan fingerprint density at radius 3 is 2.50 bits per heavy atom. The summed E-state index contributed by atoms with van der Waals surface area (Å²) in [6.07, 6.45) is 1.64. The van der Waals surface area contributed by atoms with Crippen LogP contribution in [0.4, 0.5) is 0 Å². The number of nitrogens with two attached hydrogens (primary N) is 1. The van der Waals surface area contributed by atoms with Gasteiger partial charge in [-0.25, -0.2) is 0 Å². The van der Waals surface area contributed by atoms with Crippen molar-refractivity contribution in [2.45, 2.75) is 26.3 Å². The number of hydrogen-bond acceptors (Lipinski definition) is 3. The Balaban J connectivity index is 2.27. The topological polar surface area (TPSA) is 84.2 Å². The minimum atomic E-state index is -0.207. The average molecular weight is 277 g/mol. The van der Waals surface area contributed by atoms with Gasteiger partial charge in [-0.3, -0.25) is 9.59 Å². The maximum Gasteiger partial charge on any atom is 0.239 e. The molecule has 2 amide bonds. The molecule has 1 rings (SSSR count). The van der Waals surface area contributed by atoms with Gasteiger partial charge in [-0.1, -0.05) is 43.7 Å². The van der Waals surface area contributed by atoms with Gasteiger partial charge in [0.15, 0.2) is 0 Å². The Kier molecular flexibility index (Phi) is 7.35. The van der Waals surface area contributed by atoms with E-state index < -0.39 is 0 Å². The third-order valence-corrected chi connectivity index (χ3v) is 3.05. The molecular formula is C15H23N3O2. The molecule has 1 aromatic rings. The highest BCUT2D eigenvalue weighted by atomic mass is 16.2. The molecule has 5 nitrogen and oxygen atoms in total. The molecule has 5 heteroatoms. The first-order valence-electron chi connectivity index (χ1n) is 6.95. The SMILES string of the molecule is CCCC(CN)C(=O)NCC(=O)NCc1ccccc1. The molecule has 110 valence electrons. The van der Waals surface area contributed by atoms with Gasteiger partial charge in [-0.2, -0.15) is 0 Å². The van der Waals surface area contributed by atoms with Crippen molar-refractivity contribution in [3.8, 4) is 0 Å². The van der Waals surface area contributed by atoms with Crippen LogP contribution < -0.4 is 16.4 Å². The zero-order chi connectivity index (χ0) is 14.8. The predicted molar refractivity (Wildman–Crippen MR) is 78.8 cm³/mol. The predicted octanol–water partition coefficient (Wildman–Crippen LogP) is 0.794. The Labute approximate surface area is 119 Å². The van der Waals surface area contributed by atoms with E-state index in [1.54, 1.807) is 0 Å². The van der Waals surface area contributed by atoms with E-state index in [4.69, 9.17) is 5.73 Å². The van der Waals surface area contributed by atoms with Crippen molar-refractivity contribution in [1.82, 2.24) is 10.6 Å². The van der Waals surface area contributed by atoms with E-state index >= 15 is 0 Å². The Hall–Kier alpha value is -1.88. The summed E-state index contributed by atoms with van der Waals surface area (Å²) < 4.78 is 0. The van der Waals surface area contributed by atoms with Crippen LogP contribution in [0.2, 0.25) is 0 Å². The number of carbonyl (C=O) groups excluding carboxylic acids is 2. The summed E-state index contributed by atoms with van der Waals surface area (Å²) in [7, 11) is 0. The lowest BCUT2D eigenvalue weighted by atomic mass is 10.0. The van der Waals surface area contributed by atoms with Crippen molar-refractivity contribution in [2.75, 3.05) is 13.1 Å². The van der Waals surface area contributed by atoms with Crippen molar-refractivity contribution in [2.24, 2.45) is 11.7 Å². The first-order chi connectivity index (χ1) is 9.67. The van der Waals surface area contributed by atoms with Crippen molar-refractivity contribution in [3.63, 3.8) is 0 Å². The van der Waals surface area contributed by atoms with E-state index in [9.17, 15) is 9.59 Å². The number of benzene rings is 1. The highest BCUT2D eigenvalue weighted by Crippen LogP contribution is 2.03. The second kappa shape index (κ2) is 9.09. The van der Waals surface area contributed by atoms with Gasteiger partial charge < -0.3 is 16.4 Å². The Morgan fingerprint density at radius 1 is 1.20 bits per heavy atom. The van der Waals surface area contributed by atoms with Crippen molar-refractivity contribution in [3.05, 3.63) is 35.9 Å². The van der Waals surface area contributed by atoms with Crippen molar-refractivity contribution >= 4 is 11.8 Å². The molecule has 1 aromatic carbocycles. The molecule has 0 radical (unpaired) electrons. The third kappa shape index (κ3) is 5.84. The van der Waals surface area contributed by atoms with E-state index in [0.717, 1.165) is 18.4 Å². The van der Waals surface area contributed by atoms with Gasteiger partial charge in [-0.15, -0.1) is 0 Å².